The Bertz CT molecular complexity index is 1070. The molecule has 146 valence electrons. The number of halogens is 1. The highest BCUT2D eigenvalue weighted by molar-refractivity contribution is 5.85. The van der Waals surface area contributed by atoms with E-state index in [4.69, 9.17) is 13.9 Å². The van der Waals surface area contributed by atoms with E-state index in [1.54, 1.807) is 38.1 Å². The highest BCUT2D eigenvalue weighted by Gasteiger charge is 2.17. The maximum absolute atomic E-state index is 13.2. The summed E-state index contributed by atoms with van der Waals surface area (Å²) in [5.41, 5.74) is 1.93. The van der Waals surface area contributed by atoms with Crippen LogP contribution in [0, 0.1) is 12.7 Å². The zero-order chi connectivity index (χ0) is 20.3. The molecule has 0 amide bonds. The van der Waals surface area contributed by atoms with Gasteiger partial charge in [-0.05, 0) is 49.6 Å². The Hall–Kier alpha value is -3.15. The molecule has 5 nitrogen and oxygen atoms in total. The van der Waals surface area contributed by atoms with E-state index in [0.717, 1.165) is 5.56 Å². The lowest BCUT2D eigenvalue weighted by molar-refractivity contribution is -0.145. The van der Waals surface area contributed by atoms with Gasteiger partial charge in [-0.25, -0.2) is 9.18 Å². The van der Waals surface area contributed by atoms with Crippen molar-refractivity contribution in [2.24, 2.45) is 0 Å². The van der Waals surface area contributed by atoms with Gasteiger partial charge in [-0.15, -0.1) is 0 Å². The second-order valence-corrected chi connectivity index (χ2v) is 6.27. The van der Waals surface area contributed by atoms with Crippen LogP contribution in [0.5, 0.6) is 5.75 Å². The van der Waals surface area contributed by atoms with Crippen LogP contribution < -0.4 is 10.2 Å². The first-order chi connectivity index (χ1) is 13.4. The van der Waals surface area contributed by atoms with Crippen molar-refractivity contribution in [2.45, 2.75) is 27.2 Å². The third kappa shape index (κ3) is 3.91. The van der Waals surface area contributed by atoms with Crippen LogP contribution in [-0.4, -0.2) is 19.2 Å². The maximum atomic E-state index is 13.2. The van der Waals surface area contributed by atoms with Crippen molar-refractivity contribution in [3.05, 3.63) is 63.8 Å². The van der Waals surface area contributed by atoms with Gasteiger partial charge in [0.25, 0.3) is 0 Å². The fourth-order valence-corrected chi connectivity index (χ4v) is 3.08. The second-order valence-electron chi connectivity index (χ2n) is 6.27. The molecular formula is C22H21FO5. The van der Waals surface area contributed by atoms with Crippen molar-refractivity contribution in [1.82, 2.24) is 0 Å². The number of carbonyl (C=O) groups excluding carboxylic acids is 1. The molecule has 2 aromatic carbocycles. The third-order valence-corrected chi connectivity index (χ3v) is 4.41. The van der Waals surface area contributed by atoms with Gasteiger partial charge in [-0.1, -0.05) is 19.1 Å². The van der Waals surface area contributed by atoms with Crippen molar-refractivity contribution in [2.75, 3.05) is 13.2 Å². The average molecular weight is 384 g/mol. The van der Waals surface area contributed by atoms with Gasteiger partial charge >= 0.3 is 5.97 Å². The molecule has 0 aliphatic carbocycles. The Labute approximate surface area is 161 Å². The summed E-state index contributed by atoms with van der Waals surface area (Å²) in [6.07, 6.45) is 0.604. The minimum atomic E-state index is -0.464. The topological polar surface area (TPSA) is 65.7 Å². The Morgan fingerprint density at radius 1 is 1.14 bits per heavy atom. The van der Waals surface area contributed by atoms with Gasteiger partial charge in [0.05, 0.1) is 17.6 Å². The minimum Gasteiger partial charge on any atom is -0.481 e. The Morgan fingerprint density at radius 2 is 1.86 bits per heavy atom. The minimum absolute atomic E-state index is 0.197. The lowest BCUT2D eigenvalue weighted by Gasteiger charge is -2.13. The molecule has 28 heavy (non-hydrogen) atoms. The first-order valence-electron chi connectivity index (χ1n) is 9.09. The molecular weight excluding hydrogens is 363 g/mol. The lowest BCUT2D eigenvalue weighted by Crippen LogP contribution is -2.15. The van der Waals surface area contributed by atoms with Crippen LogP contribution in [0.2, 0.25) is 0 Å². The fraction of sp³-hybridized carbons (Fsp3) is 0.273. The lowest BCUT2D eigenvalue weighted by atomic mass is 10.0. The molecule has 0 N–H and O–H groups in total. The summed E-state index contributed by atoms with van der Waals surface area (Å²) in [6, 6.07) is 9.06. The second kappa shape index (κ2) is 8.25. The number of fused-ring (bicyclic) bond motifs is 1. The molecule has 0 fully saturated rings. The van der Waals surface area contributed by atoms with Crippen molar-refractivity contribution in [1.29, 1.82) is 0 Å². The maximum Gasteiger partial charge on any atom is 0.344 e. The molecule has 0 radical (unpaired) electrons. The van der Waals surface area contributed by atoms with E-state index in [0.29, 0.717) is 40.0 Å². The SMILES string of the molecule is CCOC(=O)COc1cc2oc(C)c(-c3ccc(F)cc3)c(=O)c2cc1CC. The van der Waals surface area contributed by atoms with Crippen LogP contribution in [0.25, 0.3) is 22.1 Å². The molecule has 0 bridgehead atoms. The summed E-state index contributed by atoms with van der Waals surface area (Å²) in [5.74, 6) is 0.0574. The van der Waals surface area contributed by atoms with Crippen LogP contribution in [0.3, 0.4) is 0 Å². The number of carbonyl (C=O) groups is 1. The Morgan fingerprint density at radius 3 is 2.50 bits per heavy atom. The van der Waals surface area contributed by atoms with Gasteiger partial charge in [0, 0.05) is 6.07 Å². The molecule has 0 atom stereocenters. The van der Waals surface area contributed by atoms with E-state index in [9.17, 15) is 14.0 Å². The van der Waals surface area contributed by atoms with E-state index in [1.807, 2.05) is 6.92 Å². The molecule has 0 saturated carbocycles. The summed E-state index contributed by atoms with van der Waals surface area (Å²) >= 11 is 0. The van der Waals surface area contributed by atoms with E-state index in [-0.39, 0.29) is 24.5 Å². The number of rotatable bonds is 6. The fourth-order valence-electron chi connectivity index (χ4n) is 3.08. The molecule has 3 aromatic rings. The highest BCUT2D eigenvalue weighted by atomic mass is 19.1. The van der Waals surface area contributed by atoms with Crippen LogP contribution >= 0.6 is 0 Å². The van der Waals surface area contributed by atoms with Crippen LogP contribution in [0.4, 0.5) is 4.39 Å². The van der Waals surface area contributed by atoms with E-state index < -0.39 is 5.97 Å². The first-order valence-corrected chi connectivity index (χ1v) is 9.09. The monoisotopic (exact) mass is 384 g/mol. The summed E-state index contributed by atoms with van der Waals surface area (Å²) in [6.45, 7) is 5.40. The quantitative estimate of drug-likeness (QED) is 0.589. The zero-order valence-electron chi connectivity index (χ0n) is 16.0. The first kappa shape index (κ1) is 19.6. The number of hydrogen-bond acceptors (Lipinski definition) is 5. The highest BCUT2D eigenvalue weighted by Crippen LogP contribution is 2.29. The molecule has 1 heterocycles. The summed E-state index contributed by atoms with van der Waals surface area (Å²) in [4.78, 5) is 24.7. The summed E-state index contributed by atoms with van der Waals surface area (Å²) in [5, 5.41) is 0.408. The molecule has 3 rings (SSSR count). The van der Waals surface area contributed by atoms with Gasteiger partial charge in [0.15, 0.2) is 6.61 Å². The zero-order valence-corrected chi connectivity index (χ0v) is 16.0. The molecule has 0 saturated heterocycles. The number of benzene rings is 2. The van der Waals surface area contributed by atoms with Crippen molar-refractivity contribution in [3.63, 3.8) is 0 Å². The number of esters is 1. The van der Waals surface area contributed by atoms with E-state index in [2.05, 4.69) is 0 Å². The predicted octanol–water partition coefficient (Wildman–Crippen LogP) is 4.41. The molecule has 1 aromatic heterocycles. The van der Waals surface area contributed by atoms with Gasteiger partial charge < -0.3 is 13.9 Å². The molecule has 0 aliphatic rings. The normalized spacial score (nSPS) is 10.9. The Balaban J connectivity index is 2.08. The van der Waals surface area contributed by atoms with Crippen LogP contribution in [0.1, 0.15) is 25.2 Å². The van der Waals surface area contributed by atoms with Gasteiger partial charge in [0.1, 0.15) is 22.9 Å². The summed E-state index contributed by atoms with van der Waals surface area (Å²) < 4.78 is 29.5. The molecule has 6 heteroatoms. The van der Waals surface area contributed by atoms with Gasteiger partial charge in [-0.3, -0.25) is 4.79 Å². The van der Waals surface area contributed by atoms with Crippen molar-refractivity contribution >= 4 is 16.9 Å². The summed E-state index contributed by atoms with van der Waals surface area (Å²) in [7, 11) is 0. The number of hydrogen-bond donors (Lipinski definition) is 0. The Kier molecular flexibility index (Phi) is 5.78. The molecule has 0 unspecified atom stereocenters. The van der Waals surface area contributed by atoms with E-state index in [1.165, 1.54) is 12.1 Å². The van der Waals surface area contributed by atoms with Gasteiger partial charge in [0.2, 0.25) is 5.43 Å². The third-order valence-electron chi connectivity index (χ3n) is 4.41. The predicted molar refractivity (Wildman–Crippen MR) is 104 cm³/mol. The molecule has 0 aliphatic heterocycles. The average Bonchev–Trinajstić information content (AvgIpc) is 2.67. The van der Waals surface area contributed by atoms with Gasteiger partial charge in [-0.2, -0.15) is 0 Å². The molecule has 0 spiro atoms. The van der Waals surface area contributed by atoms with E-state index >= 15 is 0 Å². The van der Waals surface area contributed by atoms with Crippen LogP contribution in [-0.2, 0) is 16.0 Å². The standard InChI is InChI=1S/C22H21FO5/c1-4-14-10-17-19(11-18(14)27-12-20(24)26-5-2)28-13(3)21(22(17)25)15-6-8-16(23)9-7-15/h6-11H,4-5,12H2,1-3H3. The van der Waals surface area contributed by atoms with Crippen molar-refractivity contribution < 1.29 is 23.1 Å². The smallest absolute Gasteiger partial charge is 0.344 e. The van der Waals surface area contributed by atoms with Crippen LogP contribution in [0.15, 0.2) is 45.6 Å². The number of aryl methyl sites for hydroxylation is 2. The number of ether oxygens (including phenoxy) is 2. The van der Waals surface area contributed by atoms with Crippen molar-refractivity contribution in [3.8, 4) is 16.9 Å². The largest absolute Gasteiger partial charge is 0.481 e.